The molecule has 1 N–H and O–H groups in total. The standard InChI is InChI=1S/C13H15IN2O/c1-3-16(4-2)9-5-6-12-10(7-9)13(17)11(14)8-15-12/h5-8H,3-4H2,1-2H3,(H,15,17). The number of anilines is 1. The summed E-state index contributed by atoms with van der Waals surface area (Å²) in [4.78, 5) is 17.4. The number of nitrogens with zero attached hydrogens (tertiary/aromatic N) is 1. The van der Waals surface area contributed by atoms with E-state index in [0.717, 1.165) is 33.3 Å². The lowest BCUT2D eigenvalue weighted by atomic mass is 10.2. The van der Waals surface area contributed by atoms with Gasteiger partial charge < -0.3 is 9.88 Å². The van der Waals surface area contributed by atoms with Gasteiger partial charge in [-0.05, 0) is 54.6 Å². The third kappa shape index (κ3) is 2.31. The zero-order chi connectivity index (χ0) is 12.4. The molecule has 1 aromatic carbocycles. The van der Waals surface area contributed by atoms with Crippen LogP contribution in [0.4, 0.5) is 5.69 Å². The zero-order valence-corrected chi connectivity index (χ0v) is 12.1. The lowest BCUT2D eigenvalue weighted by Crippen LogP contribution is -2.22. The van der Waals surface area contributed by atoms with Gasteiger partial charge in [0.25, 0.3) is 0 Å². The summed E-state index contributed by atoms with van der Waals surface area (Å²) in [6.07, 6.45) is 1.75. The summed E-state index contributed by atoms with van der Waals surface area (Å²) in [7, 11) is 0. The number of aromatic amines is 1. The van der Waals surface area contributed by atoms with Crippen molar-refractivity contribution in [3.8, 4) is 0 Å². The molecule has 0 saturated carbocycles. The smallest absolute Gasteiger partial charge is 0.202 e. The van der Waals surface area contributed by atoms with Crippen LogP contribution in [0.2, 0.25) is 0 Å². The van der Waals surface area contributed by atoms with Gasteiger partial charge in [0.05, 0.1) is 3.57 Å². The number of hydrogen-bond acceptors (Lipinski definition) is 2. The molecule has 17 heavy (non-hydrogen) atoms. The van der Waals surface area contributed by atoms with Crippen molar-refractivity contribution in [1.29, 1.82) is 0 Å². The molecule has 0 aliphatic rings. The van der Waals surface area contributed by atoms with Crippen LogP contribution in [0.3, 0.4) is 0 Å². The van der Waals surface area contributed by atoms with Crippen LogP contribution in [-0.4, -0.2) is 18.1 Å². The van der Waals surface area contributed by atoms with Gasteiger partial charge in [0, 0.05) is 35.9 Å². The van der Waals surface area contributed by atoms with Crippen LogP contribution in [0.25, 0.3) is 10.9 Å². The van der Waals surface area contributed by atoms with E-state index in [1.807, 2.05) is 12.1 Å². The molecule has 0 bridgehead atoms. The maximum absolute atomic E-state index is 12.0. The minimum Gasteiger partial charge on any atom is -0.372 e. The molecule has 0 spiro atoms. The first-order valence-corrected chi connectivity index (χ1v) is 6.81. The molecule has 1 aromatic heterocycles. The highest BCUT2D eigenvalue weighted by atomic mass is 127. The number of fused-ring (bicyclic) bond motifs is 1. The second-order valence-corrected chi connectivity index (χ2v) is 5.03. The predicted octanol–water partition coefficient (Wildman–Crippen LogP) is 2.98. The summed E-state index contributed by atoms with van der Waals surface area (Å²) in [5.74, 6) is 0. The van der Waals surface area contributed by atoms with Crippen LogP contribution in [0.15, 0.2) is 29.2 Å². The van der Waals surface area contributed by atoms with Gasteiger partial charge in [-0.2, -0.15) is 0 Å². The summed E-state index contributed by atoms with van der Waals surface area (Å²) in [5.41, 5.74) is 2.11. The number of hydrogen-bond donors (Lipinski definition) is 1. The Morgan fingerprint density at radius 2 is 2.00 bits per heavy atom. The van der Waals surface area contributed by atoms with Crippen LogP contribution in [0.5, 0.6) is 0 Å². The fraction of sp³-hybridized carbons (Fsp3) is 0.308. The van der Waals surface area contributed by atoms with E-state index in [-0.39, 0.29) is 5.43 Å². The molecule has 2 aromatic rings. The van der Waals surface area contributed by atoms with Crippen LogP contribution in [0, 0.1) is 3.57 Å². The number of H-pyrrole nitrogens is 1. The molecule has 90 valence electrons. The van der Waals surface area contributed by atoms with Crippen molar-refractivity contribution in [2.75, 3.05) is 18.0 Å². The molecule has 1 heterocycles. The van der Waals surface area contributed by atoms with Crippen molar-refractivity contribution in [3.05, 3.63) is 38.2 Å². The molecule has 0 aliphatic carbocycles. The van der Waals surface area contributed by atoms with Gasteiger partial charge in [-0.1, -0.05) is 0 Å². The summed E-state index contributed by atoms with van der Waals surface area (Å²) in [6, 6.07) is 6.00. The highest BCUT2D eigenvalue weighted by molar-refractivity contribution is 14.1. The highest BCUT2D eigenvalue weighted by Crippen LogP contribution is 2.19. The van der Waals surface area contributed by atoms with Crippen molar-refractivity contribution in [1.82, 2.24) is 4.98 Å². The molecular weight excluding hydrogens is 327 g/mol. The summed E-state index contributed by atoms with van der Waals surface area (Å²) in [5, 5.41) is 0.765. The molecule has 0 radical (unpaired) electrons. The normalized spacial score (nSPS) is 10.8. The van der Waals surface area contributed by atoms with Crippen molar-refractivity contribution < 1.29 is 0 Å². The molecule has 0 amide bonds. The summed E-state index contributed by atoms with van der Waals surface area (Å²) < 4.78 is 0.729. The SMILES string of the molecule is CCN(CC)c1ccc2[nH]cc(I)c(=O)c2c1. The van der Waals surface area contributed by atoms with Crippen molar-refractivity contribution >= 4 is 39.2 Å². The number of nitrogens with one attached hydrogen (secondary N) is 1. The molecule has 0 fully saturated rings. The Morgan fingerprint density at radius 1 is 1.29 bits per heavy atom. The number of aromatic nitrogens is 1. The minimum absolute atomic E-state index is 0.105. The molecule has 0 atom stereocenters. The maximum Gasteiger partial charge on any atom is 0.202 e. The van der Waals surface area contributed by atoms with E-state index in [0.29, 0.717) is 0 Å². The topological polar surface area (TPSA) is 36.1 Å². The minimum atomic E-state index is 0.105. The third-order valence-corrected chi connectivity index (χ3v) is 3.75. The summed E-state index contributed by atoms with van der Waals surface area (Å²) >= 11 is 2.06. The zero-order valence-electron chi connectivity index (χ0n) is 9.96. The van der Waals surface area contributed by atoms with E-state index in [1.54, 1.807) is 6.20 Å². The molecule has 0 unspecified atom stereocenters. The van der Waals surface area contributed by atoms with Crippen LogP contribution in [-0.2, 0) is 0 Å². The van der Waals surface area contributed by atoms with Gasteiger partial charge in [0.2, 0.25) is 5.43 Å². The lowest BCUT2D eigenvalue weighted by Gasteiger charge is -2.21. The van der Waals surface area contributed by atoms with Crippen LogP contribution >= 0.6 is 22.6 Å². The fourth-order valence-corrected chi connectivity index (χ4v) is 2.41. The van der Waals surface area contributed by atoms with E-state index < -0.39 is 0 Å². The molecule has 0 aliphatic heterocycles. The third-order valence-electron chi connectivity index (χ3n) is 2.95. The predicted molar refractivity (Wildman–Crippen MR) is 80.8 cm³/mol. The number of rotatable bonds is 3. The maximum atomic E-state index is 12.0. The largest absolute Gasteiger partial charge is 0.372 e. The first-order chi connectivity index (χ1) is 8.17. The summed E-state index contributed by atoms with van der Waals surface area (Å²) in [6.45, 7) is 6.13. The second-order valence-electron chi connectivity index (χ2n) is 3.87. The van der Waals surface area contributed by atoms with Crippen LogP contribution < -0.4 is 10.3 Å². The first-order valence-electron chi connectivity index (χ1n) is 5.73. The highest BCUT2D eigenvalue weighted by Gasteiger charge is 2.06. The molecule has 3 nitrogen and oxygen atoms in total. The quantitative estimate of drug-likeness (QED) is 0.871. The van der Waals surface area contributed by atoms with Gasteiger partial charge in [-0.3, -0.25) is 4.79 Å². The van der Waals surface area contributed by atoms with Gasteiger partial charge in [-0.15, -0.1) is 0 Å². The second kappa shape index (κ2) is 5.08. The average Bonchev–Trinajstić information content (AvgIpc) is 2.36. The fourth-order valence-electron chi connectivity index (χ4n) is 1.97. The Balaban J connectivity index is 2.64. The first kappa shape index (κ1) is 12.4. The molecule has 2 rings (SSSR count). The Labute approximate surface area is 114 Å². The number of benzene rings is 1. The van der Waals surface area contributed by atoms with E-state index in [1.165, 1.54) is 0 Å². The Morgan fingerprint density at radius 3 is 2.65 bits per heavy atom. The Hall–Kier alpha value is -1.04. The molecule has 0 saturated heterocycles. The van der Waals surface area contributed by atoms with E-state index in [2.05, 4.69) is 52.4 Å². The van der Waals surface area contributed by atoms with Crippen molar-refractivity contribution in [2.24, 2.45) is 0 Å². The van der Waals surface area contributed by atoms with Gasteiger partial charge >= 0.3 is 0 Å². The number of halogens is 1. The van der Waals surface area contributed by atoms with E-state index in [9.17, 15) is 4.79 Å². The van der Waals surface area contributed by atoms with Crippen LogP contribution in [0.1, 0.15) is 13.8 Å². The lowest BCUT2D eigenvalue weighted by molar-refractivity contribution is 0.867. The Kier molecular flexibility index (Phi) is 3.71. The van der Waals surface area contributed by atoms with Gasteiger partial charge in [-0.25, -0.2) is 0 Å². The molecule has 4 heteroatoms. The van der Waals surface area contributed by atoms with E-state index in [4.69, 9.17) is 0 Å². The van der Waals surface area contributed by atoms with E-state index >= 15 is 0 Å². The number of pyridine rings is 1. The van der Waals surface area contributed by atoms with Crippen molar-refractivity contribution in [3.63, 3.8) is 0 Å². The Bertz CT molecular complexity index is 587. The van der Waals surface area contributed by atoms with Crippen molar-refractivity contribution in [2.45, 2.75) is 13.8 Å². The van der Waals surface area contributed by atoms with Gasteiger partial charge in [0.15, 0.2) is 0 Å². The van der Waals surface area contributed by atoms with Gasteiger partial charge in [0.1, 0.15) is 0 Å². The average molecular weight is 342 g/mol. The monoisotopic (exact) mass is 342 g/mol. The molecular formula is C13H15IN2O.